The van der Waals surface area contributed by atoms with Crippen LogP contribution in [0.25, 0.3) is 11.0 Å². The molecule has 1 aliphatic heterocycles. The fraction of sp³-hybridized carbons (Fsp3) is 0.625. The quantitative estimate of drug-likeness (QED) is 0.756. The highest BCUT2D eigenvalue weighted by atomic mass is 79.9. The highest BCUT2D eigenvalue weighted by Gasteiger charge is 2.33. The first-order valence-corrected chi connectivity index (χ1v) is 9.50. The molecule has 0 amide bonds. The van der Waals surface area contributed by atoms with E-state index in [9.17, 15) is 0 Å². The molecular formula is C16H21BrClN5. The van der Waals surface area contributed by atoms with Crippen LogP contribution in [-0.2, 0) is 0 Å². The lowest BCUT2D eigenvalue weighted by atomic mass is 9.84. The van der Waals surface area contributed by atoms with Crippen LogP contribution >= 0.6 is 27.5 Å². The van der Waals surface area contributed by atoms with E-state index in [0.717, 1.165) is 27.3 Å². The number of fused-ring (bicyclic) bond motifs is 1. The lowest BCUT2D eigenvalue weighted by Crippen LogP contribution is -2.31. The third kappa shape index (κ3) is 2.85. The Morgan fingerprint density at radius 2 is 1.96 bits per heavy atom. The van der Waals surface area contributed by atoms with E-state index in [-0.39, 0.29) is 5.28 Å². The molecule has 0 aromatic carbocycles. The van der Waals surface area contributed by atoms with Gasteiger partial charge in [0.1, 0.15) is 11.5 Å². The zero-order valence-electron chi connectivity index (χ0n) is 12.9. The zero-order valence-corrected chi connectivity index (χ0v) is 15.3. The first-order chi connectivity index (χ1) is 11.1. The summed E-state index contributed by atoms with van der Waals surface area (Å²) in [5, 5.41) is 4.56. The first-order valence-electron chi connectivity index (χ1n) is 8.33. The lowest BCUT2D eigenvalue weighted by molar-refractivity contribution is 0.257. The predicted molar refractivity (Wildman–Crippen MR) is 96.6 cm³/mol. The second-order valence-electron chi connectivity index (χ2n) is 6.78. The van der Waals surface area contributed by atoms with Crippen molar-refractivity contribution in [2.75, 3.05) is 18.8 Å². The summed E-state index contributed by atoms with van der Waals surface area (Å²) in [5.74, 6) is 2.14. The van der Waals surface area contributed by atoms with E-state index >= 15 is 0 Å². The number of halogens is 2. The van der Waals surface area contributed by atoms with Crippen LogP contribution in [-0.4, -0.2) is 27.6 Å². The number of rotatable bonds is 2. The molecule has 0 bridgehead atoms. The van der Waals surface area contributed by atoms with Gasteiger partial charge in [-0.2, -0.15) is 4.98 Å². The van der Waals surface area contributed by atoms with Crippen molar-refractivity contribution in [2.45, 2.75) is 38.1 Å². The molecule has 4 rings (SSSR count). The largest absolute Gasteiger partial charge is 0.383 e. The average molecular weight is 399 g/mol. The molecular weight excluding hydrogens is 378 g/mol. The standard InChI is InChI=1S/C16H21BrClN5/c17-12-8-23(15-13(12)14(19)21-16(18)22-15)11-2-1-10(7-11)9-3-5-20-6-4-9/h8-11,20H,1-7H2,(H2,19,21,22). The van der Waals surface area contributed by atoms with Gasteiger partial charge in [0.25, 0.3) is 0 Å². The number of hydrogen-bond acceptors (Lipinski definition) is 4. The summed E-state index contributed by atoms with van der Waals surface area (Å²) in [6, 6.07) is 0.481. The Morgan fingerprint density at radius 1 is 1.17 bits per heavy atom. The molecule has 2 fully saturated rings. The maximum absolute atomic E-state index is 6.03. The molecule has 0 radical (unpaired) electrons. The van der Waals surface area contributed by atoms with Gasteiger partial charge in [-0.3, -0.25) is 0 Å². The molecule has 1 aliphatic carbocycles. The fourth-order valence-electron chi connectivity index (χ4n) is 4.37. The number of piperidine rings is 1. The molecule has 0 spiro atoms. The van der Waals surface area contributed by atoms with Crippen LogP contribution < -0.4 is 11.1 Å². The summed E-state index contributed by atoms with van der Waals surface area (Å²) in [6.07, 6.45) is 8.46. The van der Waals surface area contributed by atoms with Crippen LogP contribution in [0.1, 0.15) is 38.1 Å². The van der Waals surface area contributed by atoms with E-state index in [4.69, 9.17) is 17.3 Å². The summed E-state index contributed by atoms with van der Waals surface area (Å²) in [4.78, 5) is 8.51. The minimum absolute atomic E-state index is 0.217. The van der Waals surface area contributed by atoms with Crippen molar-refractivity contribution in [1.29, 1.82) is 0 Å². The molecule has 23 heavy (non-hydrogen) atoms. The van der Waals surface area contributed by atoms with Crippen molar-refractivity contribution in [1.82, 2.24) is 19.9 Å². The third-order valence-corrected chi connectivity index (χ3v) is 6.29. The number of anilines is 1. The van der Waals surface area contributed by atoms with Crippen LogP contribution in [0, 0.1) is 11.8 Å². The number of aromatic nitrogens is 3. The normalized spacial score (nSPS) is 26.2. The van der Waals surface area contributed by atoms with E-state index in [1.807, 2.05) is 0 Å². The molecule has 2 aliphatic rings. The average Bonchev–Trinajstić information content (AvgIpc) is 3.13. The van der Waals surface area contributed by atoms with Crippen molar-refractivity contribution in [3.8, 4) is 0 Å². The molecule has 2 aromatic rings. The Balaban J connectivity index is 1.62. The molecule has 3 heterocycles. The van der Waals surface area contributed by atoms with Crippen molar-refractivity contribution >= 4 is 44.4 Å². The number of nitrogen functional groups attached to an aromatic ring is 1. The minimum atomic E-state index is 0.217. The maximum atomic E-state index is 6.03. The van der Waals surface area contributed by atoms with Gasteiger partial charge < -0.3 is 15.6 Å². The van der Waals surface area contributed by atoms with Crippen LogP contribution in [0.5, 0.6) is 0 Å². The van der Waals surface area contributed by atoms with Crippen LogP contribution in [0.3, 0.4) is 0 Å². The SMILES string of the molecule is Nc1nc(Cl)nc2c1c(Br)cn2C1CCC(C2CCNCC2)C1. The zero-order chi connectivity index (χ0) is 16.0. The summed E-state index contributed by atoms with van der Waals surface area (Å²) in [5.41, 5.74) is 6.88. The summed E-state index contributed by atoms with van der Waals surface area (Å²) in [6.45, 7) is 2.34. The fourth-order valence-corrected chi connectivity index (χ4v) is 5.14. The number of nitrogens with one attached hydrogen (secondary N) is 1. The highest BCUT2D eigenvalue weighted by molar-refractivity contribution is 9.10. The van der Waals surface area contributed by atoms with Crippen LogP contribution in [0.4, 0.5) is 5.82 Å². The topological polar surface area (TPSA) is 68.8 Å². The van der Waals surface area contributed by atoms with Crippen molar-refractivity contribution in [3.05, 3.63) is 16.0 Å². The maximum Gasteiger partial charge on any atom is 0.226 e. The molecule has 1 saturated heterocycles. The van der Waals surface area contributed by atoms with Gasteiger partial charge in [-0.1, -0.05) is 0 Å². The molecule has 5 nitrogen and oxygen atoms in total. The lowest BCUT2D eigenvalue weighted by Gasteiger charge is -2.28. The molecule has 124 valence electrons. The Hall–Kier alpha value is -0.850. The van der Waals surface area contributed by atoms with Gasteiger partial charge in [0.2, 0.25) is 5.28 Å². The monoisotopic (exact) mass is 397 g/mol. The van der Waals surface area contributed by atoms with E-state index in [0.29, 0.717) is 11.9 Å². The minimum Gasteiger partial charge on any atom is -0.383 e. The number of nitrogens with zero attached hydrogens (tertiary/aromatic N) is 3. The third-order valence-electron chi connectivity index (χ3n) is 5.52. The van der Waals surface area contributed by atoms with Gasteiger partial charge in [0.05, 0.1) is 5.39 Å². The van der Waals surface area contributed by atoms with Gasteiger partial charge in [0, 0.05) is 16.7 Å². The Labute approximate surface area is 149 Å². The van der Waals surface area contributed by atoms with E-state index in [1.54, 1.807) is 0 Å². The van der Waals surface area contributed by atoms with Gasteiger partial charge in [0.15, 0.2) is 0 Å². The smallest absolute Gasteiger partial charge is 0.226 e. The first kappa shape index (κ1) is 15.7. The van der Waals surface area contributed by atoms with Gasteiger partial charge in [-0.25, -0.2) is 4.98 Å². The summed E-state index contributed by atoms with van der Waals surface area (Å²) < 4.78 is 3.21. The van der Waals surface area contributed by atoms with Gasteiger partial charge in [-0.15, -0.1) is 0 Å². The second-order valence-corrected chi connectivity index (χ2v) is 7.97. The Morgan fingerprint density at radius 3 is 2.74 bits per heavy atom. The predicted octanol–water partition coefficient (Wildman–Crippen LogP) is 3.77. The number of hydrogen-bond donors (Lipinski definition) is 2. The molecule has 2 aromatic heterocycles. The molecule has 7 heteroatoms. The highest BCUT2D eigenvalue weighted by Crippen LogP contribution is 2.44. The molecule has 1 saturated carbocycles. The summed E-state index contributed by atoms with van der Waals surface area (Å²) in [7, 11) is 0. The van der Waals surface area contributed by atoms with Gasteiger partial charge in [-0.05, 0) is 84.6 Å². The van der Waals surface area contributed by atoms with Crippen molar-refractivity contribution in [2.24, 2.45) is 11.8 Å². The second kappa shape index (κ2) is 6.22. The Bertz CT molecular complexity index is 725. The van der Waals surface area contributed by atoms with Gasteiger partial charge >= 0.3 is 0 Å². The van der Waals surface area contributed by atoms with E-state index < -0.39 is 0 Å². The molecule has 2 unspecified atom stereocenters. The Kier molecular flexibility index (Phi) is 4.24. The van der Waals surface area contributed by atoms with Crippen molar-refractivity contribution in [3.63, 3.8) is 0 Å². The van der Waals surface area contributed by atoms with Crippen LogP contribution in [0.15, 0.2) is 10.7 Å². The molecule has 2 atom stereocenters. The number of nitrogens with two attached hydrogens (primary N) is 1. The summed E-state index contributed by atoms with van der Waals surface area (Å²) >= 11 is 9.62. The van der Waals surface area contributed by atoms with Crippen LogP contribution in [0.2, 0.25) is 5.28 Å². The molecule has 3 N–H and O–H groups in total. The van der Waals surface area contributed by atoms with Crippen molar-refractivity contribution < 1.29 is 0 Å². The van der Waals surface area contributed by atoms with E-state index in [2.05, 4.69) is 42.0 Å². The van der Waals surface area contributed by atoms with E-state index in [1.165, 1.54) is 45.2 Å².